The number of carbonyl (C=O) groups is 1. The summed E-state index contributed by atoms with van der Waals surface area (Å²) in [7, 11) is 0. The number of carboxylic acid groups (broad SMARTS) is 1. The van der Waals surface area contributed by atoms with Crippen LogP contribution in [0.25, 0.3) is 0 Å². The molecule has 4 heteroatoms. The molecule has 0 aliphatic rings. The molecule has 0 heterocycles. The zero-order valence-electron chi connectivity index (χ0n) is 5.65. The number of carboxylic acids is 1. The monoisotopic (exact) mass is 164 g/mol. The van der Waals surface area contributed by atoms with E-state index in [1.54, 1.807) is 0 Å². The quantitative estimate of drug-likeness (QED) is 0.598. The zero-order chi connectivity index (χ0) is 7.56. The molecule has 1 aromatic rings. The molecular weight excluding hydrogens is 159 g/mol. The van der Waals surface area contributed by atoms with Crippen molar-refractivity contribution in [1.82, 2.24) is 0 Å². The molecule has 1 N–H and O–H groups in total. The minimum atomic E-state index is -1.18. The van der Waals surface area contributed by atoms with Crippen LogP contribution < -0.4 is 5.11 Å². The van der Waals surface area contributed by atoms with Crippen LogP contribution in [0.1, 0.15) is 10.4 Å². The fourth-order valence-corrected chi connectivity index (χ4v) is 0.643. The summed E-state index contributed by atoms with van der Waals surface area (Å²) in [6, 6.07) is 5.54. The molecule has 0 saturated carbocycles. The first kappa shape index (κ1) is 10.0. The van der Waals surface area contributed by atoms with Crippen LogP contribution in [0, 0.1) is 0 Å². The average Bonchev–Trinajstić information content (AvgIpc) is 1.88. The molecule has 0 aromatic heterocycles. The molecule has 52 valence electrons. The molecule has 1 aromatic carbocycles. The maximum atomic E-state index is 10.7. The Balaban J connectivity index is 0.000001000. The van der Waals surface area contributed by atoms with Crippen molar-refractivity contribution >= 4 is 23.3 Å². The molecule has 1 rings (SSSR count). The van der Waals surface area contributed by atoms with E-state index >= 15 is 0 Å². The van der Waals surface area contributed by atoms with Crippen LogP contribution in [-0.2, 0) is 0 Å². The van der Waals surface area contributed by atoms with E-state index in [0.29, 0.717) is 0 Å². The van der Waals surface area contributed by atoms with E-state index in [1.165, 1.54) is 24.3 Å². The van der Waals surface area contributed by atoms with Crippen LogP contribution in [0.15, 0.2) is 24.3 Å². The summed E-state index contributed by atoms with van der Waals surface area (Å²) < 4.78 is 0. The molecule has 0 unspecified atom stereocenters. The van der Waals surface area contributed by atoms with Gasteiger partial charge in [-0.1, -0.05) is 23.9 Å². The summed E-state index contributed by atoms with van der Waals surface area (Å²) in [4.78, 5) is 10.2. The van der Waals surface area contributed by atoms with Crippen molar-refractivity contribution in [3.63, 3.8) is 0 Å². The number of para-hydroxylation sites is 1. The van der Waals surface area contributed by atoms with E-state index in [2.05, 4.69) is 0 Å². The topological polar surface area (TPSA) is 60.4 Å². The summed E-state index contributed by atoms with van der Waals surface area (Å²) in [6.45, 7) is 0. The molecule has 0 amide bonds. The van der Waals surface area contributed by atoms with Gasteiger partial charge in [0.25, 0.3) is 0 Å². The summed E-state index contributed by atoms with van der Waals surface area (Å²) in [5, 5.41) is 19.0. The first-order chi connectivity index (χ1) is 4.72. The second kappa shape index (κ2) is 4.02. The van der Waals surface area contributed by atoms with Gasteiger partial charge in [0.05, 0.1) is 5.56 Å². The van der Waals surface area contributed by atoms with Gasteiger partial charge in [-0.15, -0.1) is 0 Å². The smallest absolute Gasteiger partial charge is 0.872 e. The van der Waals surface area contributed by atoms with Crippen molar-refractivity contribution in [3.8, 4) is 5.75 Å². The minimum Gasteiger partial charge on any atom is -0.872 e. The van der Waals surface area contributed by atoms with Gasteiger partial charge in [0, 0.05) is 0 Å². The first-order valence-corrected chi connectivity index (χ1v) is 2.71. The van der Waals surface area contributed by atoms with E-state index in [9.17, 15) is 9.90 Å². The van der Waals surface area contributed by atoms with Crippen molar-refractivity contribution in [2.24, 2.45) is 0 Å². The SMILES string of the molecule is O=C(O)c1ccccc1[O-].[Al+3]. The van der Waals surface area contributed by atoms with Gasteiger partial charge in [-0.25, -0.2) is 4.79 Å². The standard InChI is InChI=1S/C7H6O3.Al/c8-6-4-2-1-3-5(6)7(9)10;/h1-4,8H,(H,9,10);/q;+3/p-1. The Kier molecular flexibility index (Phi) is 3.66. The van der Waals surface area contributed by atoms with Gasteiger partial charge >= 0.3 is 23.3 Å². The molecule has 0 fully saturated rings. The average molecular weight is 164 g/mol. The second-order valence-electron chi connectivity index (χ2n) is 1.80. The molecule has 3 nitrogen and oxygen atoms in total. The number of aromatic carboxylic acids is 1. The number of benzene rings is 1. The van der Waals surface area contributed by atoms with Crippen molar-refractivity contribution in [3.05, 3.63) is 29.8 Å². The largest absolute Gasteiger partial charge is 3.00 e. The third-order valence-electron chi connectivity index (χ3n) is 1.12. The Hall–Kier alpha value is -0.978. The third-order valence-corrected chi connectivity index (χ3v) is 1.12. The van der Waals surface area contributed by atoms with Crippen LogP contribution in [0.3, 0.4) is 0 Å². The molecule has 0 bridgehead atoms. The van der Waals surface area contributed by atoms with Crippen molar-refractivity contribution < 1.29 is 15.0 Å². The van der Waals surface area contributed by atoms with Gasteiger partial charge in [-0.3, -0.25) is 0 Å². The third kappa shape index (κ3) is 2.26. The van der Waals surface area contributed by atoms with E-state index in [4.69, 9.17) is 5.11 Å². The molecule has 11 heavy (non-hydrogen) atoms. The molecule has 0 aliphatic carbocycles. The normalized spacial score (nSPS) is 8.36. The van der Waals surface area contributed by atoms with Crippen molar-refractivity contribution in [2.75, 3.05) is 0 Å². The summed E-state index contributed by atoms with van der Waals surface area (Å²) in [5.74, 6) is -1.62. The van der Waals surface area contributed by atoms with Crippen molar-refractivity contribution in [2.45, 2.75) is 0 Å². The maximum absolute atomic E-state index is 10.7. The van der Waals surface area contributed by atoms with Gasteiger partial charge < -0.3 is 10.2 Å². The number of hydrogen-bond donors (Lipinski definition) is 1. The predicted molar refractivity (Wildman–Crippen MR) is 38.6 cm³/mol. The van der Waals surface area contributed by atoms with E-state index in [1.807, 2.05) is 0 Å². The zero-order valence-corrected chi connectivity index (χ0v) is 6.81. The Morgan fingerprint density at radius 1 is 1.36 bits per heavy atom. The molecule has 0 aliphatic heterocycles. The number of hydrogen-bond acceptors (Lipinski definition) is 2. The predicted octanol–water partition coefficient (Wildman–Crippen LogP) is 0.0776. The summed E-state index contributed by atoms with van der Waals surface area (Å²) in [5.41, 5.74) is -0.178. The molecule has 0 spiro atoms. The first-order valence-electron chi connectivity index (χ1n) is 2.71. The van der Waals surface area contributed by atoms with Gasteiger partial charge in [-0.05, 0) is 6.07 Å². The Morgan fingerprint density at radius 2 is 1.91 bits per heavy atom. The van der Waals surface area contributed by atoms with Crippen LogP contribution in [0.2, 0.25) is 0 Å². The minimum absolute atomic E-state index is 0. The molecule has 0 saturated heterocycles. The molecular formula is C7H5AlO3+2. The van der Waals surface area contributed by atoms with Crippen molar-refractivity contribution in [1.29, 1.82) is 0 Å². The van der Waals surface area contributed by atoms with E-state index in [0.717, 1.165) is 0 Å². The number of rotatable bonds is 1. The Morgan fingerprint density at radius 3 is 2.27 bits per heavy atom. The van der Waals surface area contributed by atoms with Crippen LogP contribution in [-0.4, -0.2) is 28.4 Å². The fourth-order valence-electron chi connectivity index (χ4n) is 0.643. The summed E-state index contributed by atoms with van der Waals surface area (Å²) >= 11 is 0. The van der Waals surface area contributed by atoms with E-state index < -0.39 is 11.7 Å². The van der Waals surface area contributed by atoms with Gasteiger partial charge in [-0.2, -0.15) is 0 Å². The summed E-state index contributed by atoms with van der Waals surface area (Å²) in [6.07, 6.45) is 0. The molecule has 0 atom stereocenters. The molecule has 0 radical (unpaired) electrons. The van der Waals surface area contributed by atoms with Crippen LogP contribution >= 0.6 is 0 Å². The fraction of sp³-hybridized carbons (Fsp3) is 0. The van der Waals surface area contributed by atoms with Gasteiger partial charge in [0.1, 0.15) is 0 Å². The van der Waals surface area contributed by atoms with Gasteiger partial charge in [0.2, 0.25) is 0 Å². The van der Waals surface area contributed by atoms with Gasteiger partial charge in [0.15, 0.2) is 0 Å². The second-order valence-corrected chi connectivity index (χ2v) is 1.80. The maximum Gasteiger partial charge on any atom is 3.00 e. The van der Waals surface area contributed by atoms with Crippen LogP contribution in [0.4, 0.5) is 0 Å². The van der Waals surface area contributed by atoms with Crippen LogP contribution in [0.5, 0.6) is 5.75 Å². The Bertz CT molecular complexity index is 260. The Labute approximate surface area is 74.4 Å². The van der Waals surface area contributed by atoms with E-state index in [-0.39, 0.29) is 22.9 Å².